The van der Waals surface area contributed by atoms with E-state index in [4.69, 9.17) is 0 Å². The van der Waals surface area contributed by atoms with Crippen molar-refractivity contribution in [1.29, 1.82) is 0 Å². The summed E-state index contributed by atoms with van der Waals surface area (Å²) < 4.78 is 0. The number of piperazine rings is 1. The molecule has 2 aromatic rings. The summed E-state index contributed by atoms with van der Waals surface area (Å²) in [7, 11) is 2.12. The van der Waals surface area contributed by atoms with Crippen molar-refractivity contribution in [2.45, 2.75) is 12.8 Å². The molecule has 28 heavy (non-hydrogen) atoms. The van der Waals surface area contributed by atoms with E-state index in [9.17, 15) is 9.59 Å². The summed E-state index contributed by atoms with van der Waals surface area (Å²) in [6, 6.07) is 10.8. The van der Waals surface area contributed by atoms with E-state index in [-0.39, 0.29) is 17.7 Å². The molecule has 1 aromatic carbocycles. The SMILES string of the molecule is CN1CCN(c2ccc(NC(=O)c3ccc(NC(=O)C4CC4)cc3)cn2)CC1. The van der Waals surface area contributed by atoms with E-state index in [1.54, 1.807) is 30.5 Å². The van der Waals surface area contributed by atoms with Crippen molar-refractivity contribution in [3.63, 3.8) is 0 Å². The number of amides is 2. The lowest BCUT2D eigenvalue weighted by Crippen LogP contribution is -2.44. The van der Waals surface area contributed by atoms with Gasteiger partial charge in [0.2, 0.25) is 5.91 Å². The number of likely N-dealkylation sites (N-methyl/N-ethyl adjacent to an activating group) is 1. The summed E-state index contributed by atoms with van der Waals surface area (Å²) in [5.74, 6) is 0.948. The maximum absolute atomic E-state index is 12.4. The Balaban J connectivity index is 1.33. The van der Waals surface area contributed by atoms with Gasteiger partial charge < -0.3 is 20.4 Å². The van der Waals surface area contributed by atoms with E-state index < -0.39 is 0 Å². The second-order valence-electron chi connectivity index (χ2n) is 7.49. The molecule has 2 N–H and O–H groups in total. The van der Waals surface area contributed by atoms with Gasteiger partial charge in [-0.25, -0.2) is 4.98 Å². The Kier molecular flexibility index (Phi) is 5.25. The predicted octanol–water partition coefficient (Wildman–Crippen LogP) is 2.43. The Hall–Kier alpha value is -2.93. The molecule has 2 heterocycles. The third-order valence-electron chi connectivity index (χ3n) is 5.20. The van der Waals surface area contributed by atoms with Crippen LogP contribution in [0, 0.1) is 5.92 Å². The Labute approximate surface area is 164 Å². The zero-order valence-corrected chi connectivity index (χ0v) is 16.0. The van der Waals surface area contributed by atoms with Crippen LogP contribution in [-0.2, 0) is 4.79 Å². The molecule has 1 aliphatic carbocycles. The summed E-state index contributed by atoms with van der Waals surface area (Å²) in [5, 5.41) is 5.74. The van der Waals surface area contributed by atoms with Crippen LogP contribution in [0.2, 0.25) is 0 Å². The Bertz CT molecular complexity index is 838. The molecule has 0 atom stereocenters. The topological polar surface area (TPSA) is 77.6 Å². The van der Waals surface area contributed by atoms with Gasteiger partial charge in [0.1, 0.15) is 5.82 Å². The fourth-order valence-electron chi connectivity index (χ4n) is 3.18. The number of hydrogen-bond donors (Lipinski definition) is 2. The van der Waals surface area contributed by atoms with Crippen molar-refractivity contribution in [3.05, 3.63) is 48.2 Å². The zero-order valence-electron chi connectivity index (χ0n) is 16.0. The summed E-state index contributed by atoms with van der Waals surface area (Å²) >= 11 is 0. The van der Waals surface area contributed by atoms with E-state index >= 15 is 0 Å². The van der Waals surface area contributed by atoms with E-state index in [1.807, 2.05) is 12.1 Å². The summed E-state index contributed by atoms with van der Waals surface area (Å²) in [6.45, 7) is 3.96. The van der Waals surface area contributed by atoms with Crippen molar-refractivity contribution in [2.24, 2.45) is 5.92 Å². The number of anilines is 3. The van der Waals surface area contributed by atoms with E-state index in [2.05, 4.69) is 32.5 Å². The lowest BCUT2D eigenvalue weighted by Gasteiger charge is -2.33. The van der Waals surface area contributed by atoms with Crippen LogP contribution in [-0.4, -0.2) is 54.9 Å². The van der Waals surface area contributed by atoms with Crippen molar-refractivity contribution < 1.29 is 9.59 Å². The molecule has 0 spiro atoms. The molecule has 7 heteroatoms. The third-order valence-corrected chi connectivity index (χ3v) is 5.20. The molecule has 0 unspecified atom stereocenters. The minimum absolute atomic E-state index is 0.0590. The van der Waals surface area contributed by atoms with Gasteiger partial charge in [-0.1, -0.05) is 0 Å². The number of aromatic nitrogens is 1. The van der Waals surface area contributed by atoms with Crippen LogP contribution >= 0.6 is 0 Å². The van der Waals surface area contributed by atoms with Gasteiger partial charge in [-0.15, -0.1) is 0 Å². The monoisotopic (exact) mass is 379 g/mol. The first-order valence-electron chi connectivity index (χ1n) is 9.70. The number of benzene rings is 1. The third kappa shape index (κ3) is 4.48. The van der Waals surface area contributed by atoms with Crippen LogP contribution in [0.25, 0.3) is 0 Å². The smallest absolute Gasteiger partial charge is 0.255 e. The van der Waals surface area contributed by atoms with Gasteiger partial charge in [-0.05, 0) is 56.3 Å². The first-order chi connectivity index (χ1) is 13.6. The van der Waals surface area contributed by atoms with E-state index in [1.165, 1.54) is 0 Å². The maximum Gasteiger partial charge on any atom is 0.255 e. The Morgan fingerprint density at radius 2 is 1.61 bits per heavy atom. The average molecular weight is 379 g/mol. The molecule has 2 aliphatic rings. The van der Waals surface area contributed by atoms with Crippen LogP contribution in [0.5, 0.6) is 0 Å². The van der Waals surface area contributed by atoms with Gasteiger partial charge in [0.05, 0.1) is 11.9 Å². The van der Waals surface area contributed by atoms with Crippen LogP contribution in [0.4, 0.5) is 17.2 Å². The summed E-state index contributed by atoms with van der Waals surface area (Å²) in [4.78, 5) is 33.3. The first kappa shape index (κ1) is 18.4. The minimum Gasteiger partial charge on any atom is -0.354 e. The molecule has 0 bridgehead atoms. The number of pyridine rings is 1. The quantitative estimate of drug-likeness (QED) is 0.834. The maximum atomic E-state index is 12.4. The molecule has 1 aromatic heterocycles. The molecule has 1 saturated carbocycles. The van der Waals surface area contributed by atoms with Gasteiger partial charge >= 0.3 is 0 Å². The zero-order chi connectivity index (χ0) is 19.5. The summed E-state index contributed by atoms with van der Waals surface area (Å²) in [6.07, 6.45) is 3.62. The number of nitrogens with zero attached hydrogens (tertiary/aromatic N) is 3. The first-order valence-corrected chi connectivity index (χ1v) is 9.70. The molecule has 1 aliphatic heterocycles. The van der Waals surface area contributed by atoms with Crippen molar-refractivity contribution >= 4 is 29.0 Å². The van der Waals surface area contributed by atoms with Crippen LogP contribution in [0.3, 0.4) is 0 Å². The second kappa shape index (κ2) is 7.98. The number of hydrogen-bond acceptors (Lipinski definition) is 5. The van der Waals surface area contributed by atoms with Crippen molar-refractivity contribution in [3.8, 4) is 0 Å². The molecule has 146 valence electrons. The molecule has 2 fully saturated rings. The van der Waals surface area contributed by atoms with Crippen molar-refractivity contribution in [2.75, 3.05) is 48.8 Å². The molecular formula is C21H25N5O2. The highest BCUT2D eigenvalue weighted by Crippen LogP contribution is 2.30. The second-order valence-corrected chi connectivity index (χ2v) is 7.49. The highest BCUT2D eigenvalue weighted by molar-refractivity contribution is 6.04. The molecular weight excluding hydrogens is 354 g/mol. The van der Waals surface area contributed by atoms with Crippen molar-refractivity contribution in [1.82, 2.24) is 9.88 Å². The average Bonchev–Trinajstić information content (AvgIpc) is 3.55. The van der Waals surface area contributed by atoms with Gasteiger partial charge in [-0.2, -0.15) is 0 Å². The normalized spacial score (nSPS) is 17.2. The lowest BCUT2D eigenvalue weighted by atomic mass is 10.2. The molecule has 2 amide bonds. The Morgan fingerprint density at radius 1 is 0.929 bits per heavy atom. The largest absolute Gasteiger partial charge is 0.354 e. The molecule has 1 saturated heterocycles. The number of carbonyl (C=O) groups is 2. The molecule has 0 radical (unpaired) electrons. The van der Waals surface area contributed by atoms with Crippen LogP contribution in [0.15, 0.2) is 42.6 Å². The van der Waals surface area contributed by atoms with E-state index in [0.29, 0.717) is 16.9 Å². The van der Waals surface area contributed by atoms with Gasteiger partial charge in [0, 0.05) is 43.3 Å². The Morgan fingerprint density at radius 3 is 2.21 bits per heavy atom. The fourth-order valence-corrected chi connectivity index (χ4v) is 3.18. The minimum atomic E-state index is -0.200. The van der Waals surface area contributed by atoms with Gasteiger partial charge in [0.25, 0.3) is 5.91 Å². The standard InChI is InChI=1S/C21H25N5O2/c1-25-10-12-26(13-11-25)19-9-8-18(14-22-19)24-21(28)16-4-6-17(7-5-16)23-20(27)15-2-3-15/h4-9,14-15H,2-3,10-13H2,1H3,(H,23,27)(H,24,28). The highest BCUT2D eigenvalue weighted by atomic mass is 16.2. The van der Waals surface area contributed by atoms with Crippen LogP contribution in [0.1, 0.15) is 23.2 Å². The fraction of sp³-hybridized carbons (Fsp3) is 0.381. The van der Waals surface area contributed by atoms with Gasteiger partial charge in [0.15, 0.2) is 0 Å². The summed E-state index contributed by atoms with van der Waals surface area (Å²) in [5.41, 5.74) is 1.91. The number of carbonyl (C=O) groups excluding carboxylic acids is 2. The number of rotatable bonds is 5. The van der Waals surface area contributed by atoms with Gasteiger partial charge in [-0.3, -0.25) is 9.59 Å². The van der Waals surface area contributed by atoms with Crippen LogP contribution < -0.4 is 15.5 Å². The lowest BCUT2D eigenvalue weighted by molar-refractivity contribution is -0.117. The predicted molar refractivity (Wildman–Crippen MR) is 110 cm³/mol. The number of nitrogens with one attached hydrogen (secondary N) is 2. The molecule has 7 nitrogen and oxygen atoms in total. The van der Waals surface area contributed by atoms with E-state index in [0.717, 1.165) is 44.8 Å². The highest BCUT2D eigenvalue weighted by Gasteiger charge is 2.29. The molecule has 4 rings (SSSR count).